The number of hydrogen-bond acceptors (Lipinski definition) is 2. The second-order valence-corrected chi connectivity index (χ2v) is 4.09. The first-order valence-corrected chi connectivity index (χ1v) is 5.37. The molecule has 0 heterocycles. The molecule has 0 bridgehead atoms. The molecule has 3 N–H and O–H groups in total. The van der Waals surface area contributed by atoms with Crippen LogP contribution in [0.1, 0.15) is 6.92 Å². The zero-order chi connectivity index (χ0) is 11.3. The Kier molecular flexibility index (Phi) is 4.51. The summed E-state index contributed by atoms with van der Waals surface area (Å²) in [5.41, 5.74) is 5.77. The molecular formula is C9H10BrN3OS. The Labute approximate surface area is 102 Å². The summed E-state index contributed by atoms with van der Waals surface area (Å²) in [4.78, 5) is 10.6. The molecule has 4 nitrogen and oxygen atoms in total. The highest BCUT2D eigenvalue weighted by atomic mass is 79.9. The van der Waals surface area contributed by atoms with Crippen LogP contribution in [-0.2, 0) is 4.79 Å². The summed E-state index contributed by atoms with van der Waals surface area (Å²) in [7, 11) is 0. The maximum Gasteiger partial charge on any atom is 0.235 e. The molecule has 0 aromatic heterocycles. The average molecular weight is 288 g/mol. The number of amides is 1. The van der Waals surface area contributed by atoms with Gasteiger partial charge in [0.25, 0.3) is 0 Å². The van der Waals surface area contributed by atoms with Crippen LogP contribution in [0.25, 0.3) is 0 Å². The second-order valence-electron chi connectivity index (χ2n) is 2.77. The summed E-state index contributed by atoms with van der Waals surface area (Å²) in [6, 6.07) is 7.54. The normalized spacial score (nSPS) is 9.20. The van der Waals surface area contributed by atoms with Crippen LogP contribution in [0, 0.1) is 0 Å². The summed E-state index contributed by atoms with van der Waals surface area (Å²) < 4.78 is 0.954. The monoisotopic (exact) mass is 287 g/mol. The first kappa shape index (κ1) is 11.9. The van der Waals surface area contributed by atoms with Gasteiger partial charge in [-0.05, 0) is 30.4 Å². The summed E-state index contributed by atoms with van der Waals surface area (Å²) in [6.45, 7) is 1.40. The van der Waals surface area contributed by atoms with E-state index in [9.17, 15) is 4.79 Å². The largest absolute Gasteiger partial charge is 0.331 e. The van der Waals surface area contributed by atoms with E-state index in [-0.39, 0.29) is 5.91 Å². The van der Waals surface area contributed by atoms with Crippen LogP contribution in [0.15, 0.2) is 28.7 Å². The van der Waals surface area contributed by atoms with Gasteiger partial charge in [-0.25, -0.2) is 0 Å². The maximum absolute atomic E-state index is 10.6. The number of carbonyl (C=O) groups excluding carboxylic acids is 1. The molecule has 0 fully saturated rings. The number of anilines is 1. The van der Waals surface area contributed by atoms with Crippen molar-refractivity contribution in [3.63, 3.8) is 0 Å². The third-order valence-electron chi connectivity index (χ3n) is 1.43. The lowest BCUT2D eigenvalue weighted by atomic mass is 10.3. The molecule has 0 unspecified atom stereocenters. The van der Waals surface area contributed by atoms with Gasteiger partial charge < -0.3 is 5.32 Å². The van der Waals surface area contributed by atoms with Crippen LogP contribution in [0.5, 0.6) is 0 Å². The van der Waals surface area contributed by atoms with Gasteiger partial charge in [0.15, 0.2) is 5.11 Å². The molecule has 0 aliphatic carbocycles. The van der Waals surface area contributed by atoms with E-state index in [1.54, 1.807) is 0 Å². The van der Waals surface area contributed by atoms with Gasteiger partial charge in [-0.15, -0.1) is 0 Å². The summed E-state index contributed by atoms with van der Waals surface area (Å²) in [5, 5.41) is 3.25. The predicted octanol–water partition coefficient (Wildman–Crippen LogP) is 1.79. The van der Waals surface area contributed by atoms with Gasteiger partial charge >= 0.3 is 0 Å². The zero-order valence-electron chi connectivity index (χ0n) is 8.00. The lowest BCUT2D eigenvalue weighted by Crippen LogP contribution is -2.42. The van der Waals surface area contributed by atoms with Gasteiger partial charge in [-0.1, -0.05) is 22.0 Å². The Balaban J connectivity index is 2.48. The van der Waals surface area contributed by atoms with Crippen molar-refractivity contribution in [2.75, 3.05) is 5.32 Å². The van der Waals surface area contributed by atoms with Crippen LogP contribution in [0.2, 0.25) is 0 Å². The third-order valence-corrected chi connectivity index (χ3v) is 2.13. The average Bonchev–Trinajstić information content (AvgIpc) is 2.15. The Hall–Kier alpha value is -1.14. The fourth-order valence-corrected chi connectivity index (χ4v) is 1.44. The fourth-order valence-electron chi connectivity index (χ4n) is 0.873. The minimum Gasteiger partial charge on any atom is -0.331 e. The molecule has 1 amide bonds. The van der Waals surface area contributed by atoms with Crippen LogP contribution >= 0.6 is 28.1 Å². The fraction of sp³-hybridized carbons (Fsp3) is 0.111. The van der Waals surface area contributed by atoms with E-state index in [0.717, 1.165) is 10.2 Å². The van der Waals surface area contributed by atoms with Crippen molar-refractivity contribution in [1.82, 2.24) is 10.9 Å². The minimum absolute atomic E-state index is 0.201. The molecule has 15 heavy (non-hydrogen) atoms. The first-order chi connectivity index (χ1) is 7.08. The Bertz CT molecular complexity index is 383. The summed E-state index contributed by atoms with van der Waals surface area (Å²) >= 11 is 8.29. The van der Waals surface area contributed by atoms with E-state index in [1.165, 1.54) is 6.92 Å². The molecule has 80 valence electrons. The maximum atomic E-state index is 10.6. The van der Waals surface area contributed by atoms with Gasteiger partial charge in [0.05, 0.1) is 0 Å². The van der Waals surface area contributed by atoms with Gasteiger partial charge in [0, 0.05) is 17.1 Å². The van der Waals surface area contributed by atoms with E-state index < -0.39 is 0 Å². The lowest BCUT2D eigenvalue weighted by molar-refractivity contribution is -0.119. The number of rotatable bonds is 1. The van der Waals surface area contributed by atoms with E-state index in [1.807, 2.05) is 24.3 Å². The quantitative estimate of drug-likeness (QED) is 0.545. The zero-order valence-corrected chi connectivity index (χ0v) is 10.4. The highest BCUT2D eigenvalue weighted by Crippen LogP contribution is 2.15. The Morgan fingerprint density at radius 2 is 2.13 bits per heavy atom. The molecule has 0 aliphatic rings. The van der Waals surface area contributed by atoms with Crippen molar-refractivity contribution in [2.45, 2.75) is 6.92 Å². The third kappa shape index (κ3) is 4.75. The molecule has 0 saturated carbocycles. The highest BCUT2D eigenvalue weighted by molar-refractivity contribution is 9.10. The predicted molar refractivity (Wildman–Crippen MR) is 67.3 cm³/mol. The molecule has 1 rings (SSSR count). The number of nitrogens with one attached hydrogen (secondary N) is 3. The standard InChI is InChI=1S/C9H10BrN3OS/c1-6(14)12-13-9(15)11-8-4-2-3-7(10)5-8/h2-5H,1H3,(H,12,14)(H2,11,13,15). The van der Waals surface area contributed by atoms with Crippen LogP contribution < -0.4 is 16.2 Å². The number of hydrazine groups is 1. The molecule has 0 aliphatic heterocycles. The van der Waals surface area contributed by atoms with E-state index in [0.29, 0.717) is 5.11 Å². The van der Waals surface area contributed by atoms with Crippen molar-refractivity contribution in [3.05, 3.63) is 28.7 Å². The van der Waals surface area contributed by atoms with Crippen molar-refractivity contribution >= 4 is 44.9 Å². The van der Waals surface area contributed by atoms with Crippen molar-refractivity contribution in [3.8, 4) is 0 Å². The SMILES string of the molecule is CC(=O)NNC(=S)Nc1cccc(Br)c1. The van der Waals surface area contributed by atoms with E-state index in [2.05, 4.69) is 32.1 Å². The van der Waals surface area contributed by atoms with Gasteiger partial charge in [-0.3, -0.25) is 15.6 Å². The number of halogens is 1. The summed E-state index contributed by atoms with van der Waals surface area (Å²) in [5.74, 6) is -0.201. The lowest BCUT2D eigenvalue weighted by Gasteiger charge is -2.10. The van der Waals surface area contributed by atoms with Crippen LogP contribution in [0.4, 0.5) is 5.69 Å². The van der Waals surface area contributed by atoms with Crippen LogP contribution in [-0.4, -0.2) is 11.0 Å². The molecular weight excluding hydrogens is 278 g/mol. The summed E-state index contributed by atoms with van der Waals surface area (Å²) in [6.07, 6.45) is 0. The second kappa shape index (κ2) is 5.67. The molecule has 0 radical (unpaired) electrons. The number of hydrogen-bond donors (Lipinski definition) is 3. The van der Waals surface area contributed by atoms with Gasteiger partial charge in [-0.2, -0.15) is 0 Å². The van der Waals surface area contributed by atoms with Gasteiger partial charge in [0.1, 0.15) is 0 Å². The minimum atomic E-state index is -0.201. The molecule has 6 heteroatoms. The van der Waals surface area contributed by atoms with Crippen molar-refractivity contribution in [1.29, 1.82) is 0 Å². The Morgan fingerprint density at radius 1 is 1.40 bits per heavy atom. The van der Waals surface area contributed by atoms with E-state index >= 15 is 0 Å². The molecule has 0 saturated heterocycles. The smallest absolute Gasteiger partial charge is 0.235 e. The molecule has 0 spiro atoms. The highest BCUT2D eigenvalue weighted by Gasteiger charge is 1.97. The van der Waals surface area contributed by atoms with Crippen molar-refractivity contribution < 1.29 is 4.79 Å². The number of carbonyl (C=O) groups is 1. The first-order valence-electron chi connectivity index (χ1n) is 4.17. The van der Waals surface area contributed by atoms with Crippen molar-refractivity contribution in [2.24, 2.45) is 0 Å². The Morgan fingerprint density at radius 3 is 2.73 bits per heavy atom. The molecule has 1 aromatic carbocycles. The molecule has 1 aromatic rings. The van der Waals surface area contributed by atoms with Crippen LogP contribution in [0.3, 0.4) is 0 Å². The van der Waals surface area contributed by atoms with E-state index in [4.69, 9.17) is 12.2 Å². The number of thiocarbonyl (C=S) groups is 1. The topological polar surface area (TPSA) is 53.2 Å². The van der Waals surface area contributed by atoms with Gasteiger partial charge in [0.2, 0.25) is 5.91 Å². The number of benzene rings is 1. The molecule has 0 atom stereocenters.